The van der Waals surface area contributed by atoms with Gasteiger partial charge in [0.2, 0.25) is 0 Å². The molecule has 1 atom stereocenters. The summed E-state index contributed by atoms with van der Waals surface area (Å²) in [5.74, 6) is 5.25. The van der Waals surface area contributed by atoms with Gasteiger partial charge in [-0.3, -0.25) is 9.59 Å². The zero-order valence-corrected chi connectivity index (χ0v) is 80.8. The number of aromatic hydroxyl groups is 15. The smallest absolute Gasteiger partial charge is 0.170 e. The zero-order chi connectivity index (χ0) is 99.8. The third kappa shape index (κ3) is 28.5. The fraction of sp³-hybridized carbons (Fsp3) is 0.259. The van der Waals surface area contributed by atoms with Crippen molar-refractivity contribution in [3.8, 4) is 109 Å². The lowest BCUT2D eigenvalue weighted by molar-refractivity contribution is 0.0893. The molecule has 708 valence electrons. The first kappa shape index (κ1) is 105. The number of hydrogen-bond donors (Lipinski definition) is 15. The van der Waals surface area contributed by atoms with Gasteiger partial charge in [-0.1, -0.05) is 204 Å². The second kappa shape index (κ2) is 47.4. The van der Waals surface area contributed by atoms with Crippen LogP contribution in [0.2, 0.25) is 0 Å². The van der Waals surface area contributed by atoms with Gasteiger partial charge in [0.25, 0.3) is 0 Å². The summed E-state index contributed by atoms with van der Waals surface area (Å²) < 4.78 is 10.8. The van der Waals surface area contributed by atoms with Gasteiger partial charge in [0.1, 0.15) is 111 Å². The number of ether oxygens (including phenoxy) is 2. The lowest BCUT2D eigenvalue weighted by atomic mass is 9.70. The summed E-state index contributed by atoms with van der Waals surface area (Å²) in [5, 5.41) is 144. The van der Waals surface area contributed by atoms with Crippen molar-refractivity contribution in [1.82, 2.24) is 0 Å². The molecule has 0 heterocycles. The molecular formula is C116H130O19. The number of carbonyl (C=O) groups is 2. The number of phenols is 15. The van der Waals surface area contributed by atoms with Gasteiger partial charge in [0.15, 0.2) is 11.6 Å². The first-order valence-electron chi connectivity index (χ1n) is 44.9. The van der Waals surface area contributed by atoms with Crippen LogP contribution in [0.15, 0.2) is 267 Å². The molecule has 0 amide bonds. The van der Waals surface area contributed by atoms with Gasteiger partial charge < -0.3 is 86.1 Å². The first-order valence-corrected chi connectivity index (χ1v) is 44.9. The van der Waals surface area contributed by atoms with Crippen molar-refractivity contribution in [1.29, 1.82) is 0 Å². The van der Waals surface area contributed by atoms with Gasteiger partial charge in [-0.15, -0.1) is 0 Å². The molecule has 0 aliphatic heterocycles. The number of rotatable bonds is 21. The van der Waals surface area contributed by atoms with Gasteiger partial charge in [-0.2, -0.15) is 0 Å². The molecule has 0 bridgehead atoms. The minimum atomic E-state index is -0.505. The number of hydrogen-bond acceptors (Lipinski definition) is 19. The van der Waals surface area contributed by atoms with E-state index >= 15 is 0 Å². The highest BCUT2D eigenvalue weighted by atomic mass is 16.5. The quantitative estimate of drug-likeness (QED) is 0.0104. The van der Waals surface area contributed by atoms with Crippen molar-refractivity contribution >= 4 is 11.6 Å². The Labute approximate surface area is 793 Å². The highest BCUT2D eigenvalue weighted by Gasteiger charge is 2.33. The molecule has 0 radical (unpaired) electrons. The largest absolute Gasteiger partial charge is 0.508 e. The Hall–Kier alpha value is -15.0. The number of carbonyl (C=O) groups excluding carboxylic acids is 2. The Kier molecular flexibility index (Phi) is 37.0. The van der Waals surface area contributed by atoms with Crippen LogP contribution in [-0.2, 0) is 10.8 Å². The Morgan fingerprint density at radius 1 is 0.267 bits per heavy atom. The van der Waals surface area contributed by atoms with E-state index in [2.05, 4.69) is 67.5 Å². The van der Waals surface area contributed by atoms with Crippen LogP contribution in [0, 0.1) is 55.4 Å². The average molecular weight is 1830 g/mol. The fourth-order valence-corrected chi connectivity index (χ4v) is 15.1. The summed E-state index contributed by atoms with van der Waals surface area (Å²) in [4.78, 5) is 24.8. The molecule has 0 aliphatic carbocycles. The van der Waals surface area contributed by atoms with E-state index in [9.17, 15) is 65.8 Å². The molecule has 15 N–H and O–H groups in total. The van der Waals surface area contributed by atoms with Crippen molar-refractivity contribution < 1.29 is 95.7 Å². The van der Waals surface area contributed by atoms with Gasteiger partial charge in [0.05, 0.1) is 6.42 Å². The molecule has 0 aromatic heterocycles. The molecule has 0 aliphatic rings. The molecule has 19 nitrogen and oxygen atoms in total. The molecule has 14 rings (SSSR count). The summed E-state index contributed by atoms with van der Waals surface area (Å²) in [5.41, 5.74) is 20.0. The van der Waals surface area contributed by atoms with E-state index in [1.165, 1.54) is 53.6 Å². The van der Waals surface area contributed by atoms with E-state index in [4.69, 9.17) is 29.9 Å². The molecule has 14 aromatic rings. The molecule has 135 heavy (non-hydrogen) atoms. The maximum Gasteiger partial charge on any atom is 0.170 e. The van der Waals surface area contributed by atoms with Crippen molar-refractivity contribution in [3.63, 3.8) is 0 Å². The minimum absolute atomic E-state index is 0.0695. The van der Waals surface area contributed by atoms with E-state index in [1.807, 2.05) is 166 Å². The van der Waals surface area contributed by atoms with E-state index in [-0.39, 0.29) is 116 Å². The van der Waals surface area contributed by atoms with Crippen molar-refractivity contribution in [3.05, 3.63) is 384 Å². The SMILES string of the molecule is CC(C)c1ccc(C(=O)CC(=O)c2ccc(O)c(C(C)C)c2)cc1O.Cc1c(O)ccc(O)c1C.Cc1cc(C(C)(C)c2ccc(O)c(C)c2)ccc1O.Cc1cc(C(C)(c2ccc(O)c(C)c2)c2ccc(O)c(C)c2)ccc1O.Cc1cc(O)c(C(C)C)cc1C(C)c1ccc(O)c(C(C)C)c1.Oc1ccc(-c2ccc(O)cc2)cc1.Oc1cccc(OCCOc2cccc(O)c2)c1. The maximum atomic E-state index is 12.4. The molecule has 1 unspecified atom stereocenters. The first-order chi connectivity index (χ1) is 63.6. The lowest BCUT2D eigenvalue weighted by Crippen LogP contribution is -2.25. The Balaban J connectivity index is 0.000000197. The summed E-state index contributed by atoms with van der Waals surface area (Å²) >= 11 is 0. The van der Waals surface area contributed by atoms with Crippen molar-refractivity contribution in [2.75, 3.05) is 13.2 Å². The number of phenolic OH excluding ortho intramolecular Hbond substituents is 15. The van der Waals surface area contributed by atoms with Crippen LogP contribution < -0.4 is 9.47 Å². The number of benzene rings is 14. The number of aryl methyl sites for hydroxylation is 6. The predicted molar refractivity (Wildman–Crippen MR) is 538 cm³/mol. The normalized spacial score (nSPS) is 11.2. The summed E-state index contributed by atoms with van der Waals surface area (Å²) in [7, 11) is 0. The lowest BCUT2D eigenvalue weighted by Gasteiger charge is -2.33. The van der Waals surface area contributed by atoms with Crippen LogP contribution in [0.3, 0.4) is 0 Å². The van der Waals surface area contributed by atoms with Crippen LogP contribution in [0.5, 0.6) is 97.7 Å². The molecule has 14 aromatic carbocycles. The van der Waals surface area contributed by atoms with Crippen molar-refractivity contribution in [2.45, 2.75) is 185 Å². The molecule has 0 saturated heterocycles. The molecule has 0 saturated carbocycles. The van der Waals surface area contributed by atoms with Crippen LogP contribution in [0.4, 0.5) is 0 Å². The monoisotopic (exact) mass is 1830 g/mol. The maximum absolute atomic E-state index is 12.4. The third-order valence-corrected chi connectivity index (χ3v) is 24.2. The summed E-state index contributed by atoms with van der Waals surface area (Å²) in [6.45, 7) is 40.4. The standard InChI is InChI=1S/C23H24O3.C21H24O4.C21H28O2.C17H20O2.C14H14O4.C12H10O2.C8H10O2/c1-14-11-17(5-8-20(14)24)23(4,18-6-9-21(25)15(2)12-18)19-7-10-22(26)16(3)13-19;1-12(2)16-7-5-15(10-21(16)25)20(24)11-19(23)14-6-8-18(22)17(9-14)13(3)4;1-12(2)17-10-16(7-8-20(17)22)15(6)19-11-18(13(3)4)21(23)9-14(19)5;1-11-9-13(5-7-15(11)18)17(3,4)14-6-8-16(19)12(2)10-14;15-11-3-1-5-13(9-11)17-7-8-18-14-6-2-4-12(16)10-14;13-11-5-1-9(2-6-11)10-3-7-12(14)8-4-10;1-5-6(2)8(10)4-3-7(5)9/h5-13,24-26H,1-4H3;5-10,12-13,22,25H,11H2,1-4H3;7-13,15,22-23H,1-6H3;5-10,18-19H,1-4H3;1-6,9-10,15-16H,7-8H2;1-8,13-14H;3-4,9-10H,1-2H3. The summed E-state index contributed by atoms with van der Waals surface area (Å²) in [6, 6.07) is 77.6. The molecule has 0 fully saturated rings. The minimum Gasteiger partial charge on any atom is -0.508 e. The fourth-order valence-electron chi connectivity index (χ4n) is 15.1. The van der Waals surface area contributed by atoms with E-state index < -0.39 is 5.41 Å². The highest BCUT2D eigenvalue weighted by molar-refractivity contribution is 6.13. The van der Waals surface area contributed by atoms with E-state index in [0.29, 0.717) is 64.4 Å². The number of Topliss-reactive ketones (excluding diaryl/α,β-unsaturated/α-hetero) is 2. The third-order valence-electron chi connectivity index (χ3n) is 24.2. The van der Waals surface area contributed by atoms with E-state index in [1.54, 1.807) is 129 Å². The van der Waals surface area contributed by atoms with Crippen LogP contribution in [0.25, 0.3) is 11.1 Å². The van der Waals surface area contributed by atoms with E-state index in [0.717, 1.165) is 100 Å². The Morgan fingerprint density at radius 3 is 0.948 bits per heavy atom. The summed E-state index contributed by atoms with van der Waals surface area (Å²) in [6.07, 6.45) is -0.275. The van der Waals surface area contributed by atoms with Gasteiger partial charge in [-0.05, 0) is 330 Å². The molecule has 19 heteroatoms. The number of ketones is 2. The second-order valence-electron chi connectivity index (χ2n) is 35.9. The van der Waals surface area contributed by atoms with Crippen LogP contribution in [-0.4, -0.2) is 101 Å². The topological polar surface area (TPSA) is 356 Å². The Morgan fingerprint density at radius 2 is 0.585 bits per heavy atom. The molecular weight excluding hydrogens is 1700 g/mol. The highest BCUT2D eigenvalue weighted by Crippen LogP contribution is 2.45. The van der Waals surface area contributed by atoms with Gasteiger partial charge >= 0.3 is 0 Å². The predicted octanol–water partition coefficient (Wildman–Crippen LogP) is 26.8. The average Bonchev–Trinajstić information content (AvgIpc) is 0.751. The Bertz CT molecular complexity index is 6080. The van der Waals surface area contributed by atoms with Crippen LogP contribution in [0.1, 0.15) is 246 Å². The second-order valence-corrected chi connectivity index (χ2v) is 35.9. The van der Waals surface area contributed by atoms with Gasteiger partial charge in [0, 0.05) is 40.0 Å². The van der Waals surface area contributed by atoms with Gasteiger partial charge in [-0.25, -0.2) is 0 Å². The van der Waals surface area contributed by atoms with Crippen LogP contribution >= 0.6 is 0 Å². The molecule has 0 spiro atoms. The zero-order valence-electron chi connectivity index (χ0n) is 80.8. The van der Waals surface area contributed by atoms with Crippen molar-refractivity contribution in [2.24, 2.45) is 0 Å².